The first-order valence-corrected chi connectivity index (χ1v) is 9.99. The van der Waals surface area contributed by atoms with Gasteiger partial charge in [0.05, 0.1) is 17.9 Å². The van der Waals surface area contributed by atoms with Gasteiger partial charge in [-0.1, -0.05) is 42.5 Å². The summed E-state index contributed by atoms with van der Waals surface area (Å²) in [6.07, 6.45) is 8.90. The van der Waals surface area contributed by atoms with E-state index < -0.39 is 0 Å². The molecule has 0 unspecified atom stereocenters. The fourth-order valence-corrected chi connectivity index (χ4v) is 3.88. The lowest BCUT2D eigenvalue weighted by Crippen LogP contribution is -2.50. The number of aromatic nitrogens is 2. The van der Waals surface area contributed by atoms with Crippen LogP contribution in [-0.4, -0.2) is 45.9 Å². The molecule has 1 aliphatic heterocycles. The predicted octanol–water partition coefficient (Wildman–Crippen LogP) is 2.60. The number of carbonyl (C=O) groups is 1. The Hall–Kier alpha value is -1.31. The van der Waals surface area contributed by atoms with Crippen molar-refractivity contribution in [1.82, 2.24) is 25.3 Å². The van der Waals surface area contributed by atoms with Crippen LogP contribution < -0.4 is 16.2 Å². The van der Waals surface area contributed by atoms with Crippen LogP contribution >= 0.6 is 23.2 Å². The molecule has 1 aliphatic carbocycles. The van der Waals surface area contributed by atoms with E-state index in [1.54, 1.807) is 0 Å². The van der Waals surface area contributed by atoms with Crippen LogP contribution in [0, 0.1) is 0 Å². The minimum atomic E-state index is -0.383. The molecule has 3 rings (SSSR count). The second-order valence-electron chi connectivity index (χ2n) is 7.10. The van der Waals surface area contributed by atoms with Crippen LogP contribution in [0.15, 0.2) is 11.0 Å². The number of halogens is 2. The Morgan fingerprint density at radius 2 is 1.69 bits per heavy atom. The molecule has 1 aromatic heterocycles. The highest BCUT2D eigenvalue weighted by Crippen LogP contribution is 2.18. The molecule has 9 heteroatoms. The van der Waals surface area contributed by atoms with Crippen LogP contribution in [0.1, 0.15) is 44.9 Å². The maximum atomic E-state index is 12.1. The molecule has 0 radical (unpaired) electrons. The van der Waals surface area contributed by atoms with Crippen molar-refractivity contribution in [3.63, 3.8) is 0 Å². The topological polar surface area (TPSA) is 79.3 Å². The van der Waals surface area contributed by atoms with E-state index in [0.29, 0.717) is 12.7 Å². The second-order valence-corrected chi connectivity index (χ2v) is 7.88. The molecule has 2 aliphatic rings. The number of nitrogens with zero attached hydrogens (tertiary/aromatic N) is 3. The predicted molar refractivity (Wildman–Crippen MR) is 102 cm³/mol. The van der Waals surface area contributed by atoms with Crippen LogP contribution in [0.2, 0.25) is 10.0 Å². The van der Waals surface area contributed by atoms with E-state index in [1.807, 2.05) is 0 Å². The Balaban J connectivity index is 1.43. The molecule has 2 heterocycles. The van der Waals surface area contributed by atoms with Crippen molar-refractivity contribution < 1.29 is 4.79 Å². The molecule has 2 N–H and O–H groups in total. The zero-order valence-corrected chi connectivity index (χ0v) is 16.2. The fourth-order valence-electron chi connectivity index (χ4n) is 3.61. The summed E-state index contributed by atoms with van der Waals surface area (Å²) < 4.78 is 1.32. The lowest BCUT2D eigenvalue weighted by Gasteiger charge is -2.32. The molecule has 0 bridgehead atoms. The van der Waals surface area contributed by atoms with Crippen molar-refractivity contribution in [2.75, 3.05) is 13.1 Å². The number of hydrogen-bond acceptors (Lipinski definition) is 4. The van der Waals surface area contributed by atoms with Crippen LogP contribution in [0.25, 0.3) is 0 Å². The third-order valence-electron chi connectivity index (χ3n) is 5.14. The normalized spacial score (nSPS) is 20.1. The highest BCUT2D eigenvalue weighted by atomic mass is 35.5. The standard InChI is InChI=1S/C17H25Cl2N5O2/c18-14-10-20-24(16(25)15(14)19)11-23-8-6-13(7-9-23)22-17(26)21-12-4-2-1-3-5-12/h10,12-13H,1-9,11H2,(H2,21,22,26). The average Bonchev–Trinajstić information content (AvgIpc) is 2.64. The highest BCUT2D eigenvalue weighted by Gasteiger charge is 2.23. The number of amides is 2. The molecule has 2 amide bonds. The van der Waals surface area contributed by atoms with E-state index in [4.69, 9.17) is 23.2 Å². The van der Waals surface area contributed by atoms with Gasteiger partial charge in [-0.25, -0.2) is 9.48 Å². The summed E-state index contributed by atoms with van der Waals surface area (Å²) in [5.74, 6) is 0. The number of carbonyl (C=O) groups excluding carboxylic acids is 1. The number of hydrogen-bond donors (Lipinski definition) is 2. The van der Waals surface area contributed by atoms with Gasteiger partial charge in [0.1, 0.15) is 5.02 Å². The molecular formula is C17H25Cl2N5O2. The number of urea groups is 1. The molecule has 7 nitrogen and oxygen atoms in total. The second kappa shape index (κ2) is 9.06. The quantitative estimate of drug-likeness (QED) is 0.812. The Bertz CT molecular complexity index is 682. The zero-order valence-electron chi connectivity index (χ0n) is 14.7. The van der Waals surface area contributed by atoms with E-state index >= 15 is 0 Å². The van der Waals surface area contributed by atoms with E-state index in [1.165, 1.54) is 30.1 Å². The monoisotopic (exact) mass is 401 g/mol. The summed E-state index contributed by atoms with van der Waals surface area (Å²) in [7, 11) is 0. The minimum Gasteiger partial charge on any atom is -0.335 e. The highest BCUT2D eigenvalue weighted by molar-refractivity contribution is 6.41. The van der Waals surface area contributed by atoms with Gasteiger partial charge in [-0.3, -0.25) is 9.69 Å². The summed E-state index contributed by atoms with van der Waals surface area (Å²) in [5.41, 5.74) is -0.383. The average molecular weight is 402 g/mol. The fraction of sp³-hybridized carbons (Fsp3) is 0.706. The molecule has 1 saturated heterocycles. The van der Waals surface area contributed by atoms with E-state index in [9.17, 15) is 9.59 Å². The number of piperidine rings is 1. The molecule has 0 spiro atoms. The first kappa shape index (κ1) is 19.5. The molecule has 1 aromatic rings. The first-order chi connectivity index (χ1) is 12.5. The van der Waals surface area contributed by atoms with Gasteiger partial charge in [-0.2, -0.15) is 5.10 Å². The summed E-state index contributed by atoms with van der Waals surface area (Å²) in [6.45, 7) is 1.93. The number of rotatable bonds is 4. The Kier molecular flexibility index (Phi) is 6.78. The Labute approximate surface area is 163 Å². The molecule has 0 aromatic carbocycles. The number of likely N-dealkylation sites (tertiary alicyclic amines) is 1. The van der Waals surface area contributed by atoms with Crippen LogP contribution in [0.5, 0.6) is 0 Å². The lowest BCUT2D eigenvalue weighted by molar-refractivity contribution is 0.149. The molecule has 26 heavy (non-hydrogen) atoms. The summed E-state index contributed by atoms with van der Waals surface area (Å²) in [6, 6.07) is 0.419. The minimum absolute atomic E-state index is 0.00222. The molecule has 144 valence electrons. The first-order valence-electron chi connectivity index (χ1n) is 9.23. The number of nitrogens with one attached hydrogen (secondary N) is 2. The third kappa shape index (κ3) is 5.11. The zero-order chi connectivity index (χ0) is 18.5. The van der Waals surface area contributed by atoms with E-state index in [2.05, 4.69) is 20.6 Å². The molecule has 1 saturated carbocycles. The van der Waals surface area contributed by atoms with Gasteiger partial charge in [0, 0.05) is 25.2 Å². The van der Waals surface area contributed by atoms with Crippen molar-refractivity contribution in [2.45, 2.75) is 63.7 Å². The lowest BCUT2D eigenvalue weighted by atomic mass is 9.96. The SMILES string of the molecule is O=C(NC1CCCCC1)NC1CCN(Cn2ncc(Cl)c(Cl)c2=O)CC1. The van der Waals surface area contributed by atoms with Crippen molar-refractivity contribution >= 4 is 29.2 Å². The van der Waals surface area contributed by atoms with Crippen molar-refractivity contribution in [2.24, 2.45) is 0 Å². The maximum absolute atomic E-state index is 12.1. The van der Waals surface area contributed by atoms with Crippen molar-refractivity contribution in [3.05, 3.63) is 26.6 Å². The van der Waals surface area contributed by atoms with Crippen LogP contribution in [-0.2, 0) is 6.67 Å². The van der Waals surface area contributed by atoms with Gasteiger partial charge in [-0.15, -0.1) is 0 Å². The molecule has 2 fully saturated rings. The van der Waals surface area contributed by atoms with Gasteiger partial charge >= 0.3 is 6.03 Å². The maximum Gasteiger partial charge on any atom is 0.315 e. The largest absolute Gasteiger partial charge is 0.335 e. The Morgan fingerprint density at radius 1 is 1.08 bits per heavy atom. The van der Waals surface area contributed by atoms with Gasteiger partial charge < -0.3 is 10.6 Å². The van der Waals surface area contributed by atoms with Gasteiger partial charge in [0.25, 0.3) is 5.56 Å². The summed E-state index contributed by atoms with van der Waals surface area (Å²) in [5, 5.41) is 10.4. The summed E-state index contributed by atoms with van der Waals surface area (Å²) >= 11 is 11.7. The van der Waals surface area contributed by atoms with Gasteiger partial charge in [-0.05, 0) is 25.7 Å². The summed E-state index contributed by atoms with van der Waals surface area (Å²) in [4.78, 5) is 26.3. The smallest absolute Gasteiger partial charge is 0.315 e. The van der Waals surface area contributed by atoms with Gasteiger partial charge in [0.2, 0.25) is 0 Å². The van der Waals surface area contributed by atoms with E-state index in [0.717, 1.165) is 38.8 Å². The Morgan fingerprint density at radius 3 is 2.35 bits per heavy atom. The third-order valence-corrected chi connectivity index (χ3v) is 5.89. The van der Waals surface area contributed by atoms with Crippen LogP contribution in [0.3, 0.4) is 0 Å². The van der Waals surface area contributed by atoms with Crippen molar-refractivity contribution in [3.8, 4) is 0 Å². The van der Waals surface area contributed by atoms with Crippen LogP contribution in [0.4, 0.5) is 4.79 Å². The van der Waals surface area contributed by atoms with E-state index in [-0.39, 0.29) is 27.7 Å². The van der Waals surface area contributed by atoms with Crippen molar-refractivity contribution in [1.29, 1.82) is 0 Å². The van der Waals surface area contributed by atoms with Gasteiger partial charge in [0.15, 0.2) is 0 Å². The molecular weight excluding hydrogens is 377 g/mol. The molecule has 0 atom stereocenters.